The van der Waals surface area contributed by atoms with E-state index >= 15 is 0 Å². The zero-order valence-electron chi connectivity index (χ0n) is 47.8. The number of sulfonamides is 9. The van der Waals surface area contributed by atoms with Crippen molar-refractivity contribution in [3.05, 3.63) is 58.4 Å². The zero-order valence-corrected chi connectivity index (χ0v) is 55.1. The molecular formula is C42H62F17N5O18S9. The van der Waals surface area contributed by atoms with E-state index in [0.717, 1.165) is 33.8 Å². The van der Waals surface area contributed by atoms with E-state index in [1.807, 2.05) is 0 Å². The van der Waals surface area contributed by atoms with Crippen molar-refractivity contribution in [3.63, 3.8) is 0 Å². The molecule has 2 aromatic carbocycles. The Bertz CT molecular complexity index is 3800. The third-order valence-corrected chi connectivity index (χ3v) is 25.1. The van der Waals surface area contributed by atoms with Crippen LogP contribution in [0.4, 0.5) is 74.6 Å². The number of unbranched alkanes of at least 4 members (excludes halogenated alkanes) is 13. The highest BCUT2D eigenvalue weighted by Crippen LogP contribution is 2.51. The van der Waals surface area contributed by atoms with Gasteiger partial charge in [0.05, 0.1) is 46.8 Å². The van der Waals surface area contributed by atoms with Gasteiger partial charge in [-0.3, -0.25) is 0 Å². The molecule has 1 aliphatic rings. The van der Waals surface area contributed by atoms with Crippen LogP contribution < -0.4 is 16.5 Å². The van der Waals surface area contributed by atoms with E-state index in [0.29, 0.717) is 25.4 Å². The molecule has 0 atom stereocenters. The van der Waals surface area contributed by atoms with Crippen LogP contribution >= 0.6 is 0 Å². The van der Waals surface area contributed by atoms with Gasteiger partial charge in [0.15, 0.2) is 28.2 Å². The summed E-state index contributed by atoms with van der Waals surface area (Å²) < 4.78 is 427. The Morgan fingerprint density at radius 2 is 0.714 bits per heavy atom. The first-order valence-electron chi connectivity index (χ1n) is 25.3. The van der Waals surface area contributed by atoms with Crippen molar-refractivity contribution in [1.29, 1.82) is 0 Å². The number of alkyl halides is 12. The van der Waals surface area contributed by atoms with Crippen LogP contribution in [0, 0.1) is 29.1 Å². The summed E-state index contributed by atoms with van der Waals surface area (Å²) in [7, 11) is -45.3. The minimum absolute atomic E-state index is 0.00517. The van der Waals surface area contributed by atoms with Gasteiger partial charge < -0.3 is 0 Å². The van der Waals surface area contributed by atoms with Crippen molar-refractivity contribution in [2.45, 2.75) is 155 Å². The summed E-state index contributed by atoms with van der Waals surface area (Å²) in [6.07, 6.45) is 8.21. The molecule has 49 heteroatoms. The maximum Gasteiger partial charge on any atom is 0.429 e. The summed E-state index contributed by atoms with van der Waals surface area (Å²) >= 11 is 0. The first kappa shape index (κ1) is 87.6. The predicted molar refractivity (Wildman–Crippen MR) is 291 cm³/mol. The normalized spacial score (nSPS) is 15.0. The molecule has 1 aliphatic heterocycles. The van der Waals surface area contributed by atoms with E-state index in [1.54, 1.807) is 4.13 Å². The first-order chi connectivity index (χ1) is 40.5. The first-order valence-corrected chi connectivity index (χ1v) is 40.4. The Labute approximate surface area is 515 Å². The van der Waals surface area contributed by atoms with Gasteiger partial charge in [0, 0.05) is 13.1 Å². The third-order valence-electron chi connectivity index (χ3n) is 11.2. The average Bonchev–Trinajstić information content (AvgIpc) is 0.719. The lowest BCUT2D eigenvalue weighted by Crippen LogP contribution is -2.65. The van der Waals surface area contributed by atoms with E-state index in [-0.39, 0.29) is 51.5 Å². The SMILES string of the molecule is CCCCCCCCCCCCCCCCS(=O)(=O)NS(C)(=O)=O.CS(=O)(=O)NS(=O)(=O)C(F)(F)C(F)(F)C(F)(F)S(=O)(=O)N1CCCCC1.CS(=O)(=O)NS(=O)(=O)c1c(F)c(F)c(F)c(F)c1F.CS(=O)(=O)NS(=O)(=O)c1cc(C(F)(F)F)cc(C(F)(F)F)c1. The van der Waals surface area contributed by atoms with E-state index < -0.39 is 182 Å². The summed E-state index contributed by atoms with van der Waals surface area (Å²) in [6.45, 7) is 0.952. The smallest absolute Gasteiger partial charge is 0.212 e. The summed E-state index contributed by atoms with van der Waals surface area (Å²) in [5.41, 5.74) is -3.76. The lowest BCUT2D eigenvalue weighted by Gasteiger charge is -2.35. The zero-order chi connectivity index (χ0) is 71.9. The highest BCUT2D eigenvalue weighted by Gasteiger charge is 2.83. The number of hydrogen-bond acceptors (Lipinski definition) is 18. The molecule has 0 saturated carbocycles. The molecule has 91 heavy (non-hydrogen) atoms. The van der Waals surface area contributed by atoms with Gasteiger partial charge in [0.2, 0.25) is 55.9 Å². The number of piperidine rings is 1. The Balaban J connectivity index is 0.00000119. The molecule has 3 rings (SSSR count). The largest absolute Gasteiger partial charge is 0.429 e. The Kier molecular flexibility index (Phi) is 32.3. The van der Waals surface area contributed by atoms with Crippen molar-refractivity contribution < 1.29 is 150 Å². The fourth-order valence-corrected chi connectivity index (χ4v) is 19.1. The van der Waals surface area contributed by atoms with Crippen LogP contribution in [0.1, 0.15) is 127 Å². The van der Waals surface area contributed by atoms with Crippen molar-refractivity contribution in [2.75, 3.05) is 43.9 Å². The molecule has 0 spiro atoms. The molecule has 1 saturated heterocycles. The molecule has 1 heterocycles. The predicted octanol–water partition coefficient (Wildman–Crippen LogP) is 7.43. The van der Waals surface area contributed by atoms with Crippen molar-refractivity contribution in [1.82, 2.24) is 20.8 Å². The summed E-state index contributed by atoms with van der Waals surface area (Å²) in [5, 5.41) is -13.3. The van der Waals surface area contributed by atoms with Gasteiger partial charge in [-0.15, -0.1) is 16.5 Å². The van der Waals surface area contributed by atoms with Gasteiger partial charge >= 0.3 is 28.8 Å². The number of rotatable bonds is 30. The maximum atomic E-state index is 13.9. The third kappa shape index (κ3) is 28.5. The Hall–Kier alpha value is -3.40. The van der Waals surface area contributed by atoms with Crippen molar-refractivity contribution in [3.8, 4) is 0 Å². The van der Waals surface area contributed by atoms with Gasteiger partial charge in [0.1, 0.15) is 0 Å². The summed E-state index contributed by atoms with van der Waals surface area (Å²) in [6, 6.07) is -0.467. The number of nitrogens with one attached hydrogen (secondary N) is 4. The van der Waals surface area contributed by atoms with Crippen LogP contribution in [0.25, 0.3) is 0 Å². The number of hydrogen-bond donors (Lipinski definition) is 4. The monoisotopic (exact) mass is 1540 g/mol. The van der Waals surface area contributed by atoms with E-state index in [2.05, 4.69) is 6.92 Å². The van der Waals surface area contributed by atoms with Crippen LogP contribution in [0.5, 0.6) is 0 Å². The van der Waals surface area contributed by atoms with Crippen LogP contribution in [-0.4, -0.2) is 140 Å². The Morgan fingerprint density at radius 3 is 1.04 bits per heavy atom. The molecule has 0 aromatic heterocycles. The molecule has 0 unspecified atom stereocenters. The number of halogens is 17. The lowest BCUT2D eigenvalue weighted by atomic mass is 10.0. The van der Waals surface area contributed by atoms with Crippen LogP contribution in [0.2, 0.25) is 0 Å². The van der Waals surface area contributed by atoms with Crippen LogP contribution in [0.3, 0.4) is 0 Å². The van der Waals surface area contributed by atoms with Gasteiger partial charge in [-0.25, -0.2) is 97.7 Å². The maximum absolute atomic E-state index is 13.9. The van der Waals surface area contributed by atoms with Gasteiger partial charge in [-0.2, -0.15) is 57.0 Å². The fraction of sp³-hybridized carbons (Fsp3) is 0.714. The summed E-state index contributed by atoms with van der Waals surface area (Å²) in [4.78, 5) is -3.74. The van der Waals surface area contributed by atoms with Crippen molar-refractivity contribution in [2.24, 2.45) is 0 Å². The summed E-state index contributed by atoms with van der Waals surface area (Å²) in [5.74, 6) is -20.0. The molecule has 2 aromatic rings. The molecule has 0 amide bonds. The molecule has 0 bridgehead atoms. The van der Waals surface area contributed by atoms with Crippen LogP contribution in [0.15, 0.2) is 28.0 Å². The minimum Gasteiger partial charge on any atom is -0.212 e. The molecule has 536 valence electrons. The van der Waals surface area contributed by atoms with E-state index in [1.165, 1.54) is 64.2 Å². The molecule has 0 radical (unpaired) electrons. The second-order valence-corrected chi connectivity index (χ2v) is 36.4. The second kappa shape index (κ2) is 33.5. The topological polar surface area (TPSA) is 359 Å². The standard InChI is InChI=1S/C17H37NO4S2.C9H14F6N2O6S3.C9H7F6NO4S2.C7H4F5NO4S2/c1-3-4-5-6-7-8-9-10-11-12-13-14-15-16-17-24(21,22)18-23(2,19)20;1-24(18,19)16-25(20,21)8(12,13)7(10,11)9(14,15)26(22,23)17-5-3-2-4-6-17;1-21(17,18)16-22(19,20)7-3-5(8(10,11)12)2-6(4-7)9(13,14)15;1-18(14,15)13-19(16,17)7-5(11)3(9)2(8)4(10)6(7)12/h18H,3-17H2,1-2H3;16H,2-6H2,1H3;2-4,16H,1H3;13H,1H3. The number of benzene rings is 2. The molecule has 4 N–H and O–H groups in total. The highest BCUT2D eigenvalue weighted by molar-refractivity contribution is 8.06. The quantitative estimate of drug-likeness (QED) is 0.0255. The number of nitrogens with zero attached hydrogens (tertiary/aromatic N) is 1. The van der Waals surface area contributed by atoms with Crippen molar-refractivity contribution >= 4 is 90.2 Å². The van der Waals surface area contributed by atoms with Crippen LogP contribution in [-0.2, 0) is 103 Å². The molecule has 0 aliphatic carbocycles. The molecular weight excluding hydrogens is 1470 g/mol. The minimum atomic E-state index is -6.98. The molecule has 23 nitrogen and oxygen atoms in total. The van der Waals surface area contributed by atoms with E-state index in [9.17, 15) is 150 Å². The van der Waals surface area contributed by atoms with Gasteiger partial charge in [0.25, 0.3) is 40.1 Å². The molecule has 1 fully saturated rings. The van der Waals surface area contributed by atoms with Gasteiger partial charge in [-0.05, 0) is 37.5 Å². The second-order valence-electron chi connectivity index (χ2n) is 19.6. The Morgan fingerprint density at radius 1 is 0.396 bits per heavy atom. The van der Waals surface area contributed by atoms with E-state index in [4.69, 9.17) is 0 Å². The van der Waals surface area contributed by atoms with Gasteiger partial charge in [-0.1, -0.05) is 96.8 Å². The average molecular weight is 1540 g/mol. The highest BCUT2D eigenvalue weighted by atomic mass is 32.3. The lowest BCUT2D eigenvalue weighted by molar-refractivity contribution is -0.245. The fourth-order valence-electron chi connectivity index (χ4n) is 7.17.